The van der Waals surface area contributed by atoms with Gasteiger partial charge in [0.05, 0.1) is 10.6 Å². The minimum Gasteiger partial charge on any atom is -0.350 e. The highest BCUT2D eigenvalue weighted by molar-refractivity contribution is 7.92. The number of halogens is 2. The third-order valence-corrected chi connectivity index (χ3v) is 8.67. The molecule has 1 N–H and O–H groups in total. The second-order valence-corrected chi connectivity index (χ2v) is 13.2. The average molecular weight is 605 g/mol. The Bertz CT molecular complexity index is 1440. The van der Waals surface area contributed by atoms with Crippen LogP contribution in [0.15, 0.2) is 77.7 Å². The number of hydrogen-bond acceptors (Lipinski definition) is 4. The molecule has 3 aromatic rings. The van der Waals surface area contributed by atoms with Gasteiger partial charge < -0.3 is 10.2 Å². The van der Waals surface area contributed by atoms with Crippen LogP contribution in [0.5, 0.6) is 0 Å². The van der Waals surface area contributed by atoms with Gasteiger partial charge in [-0.2, -0.15) is 0 Å². The van der Waals surface area contributed by atoms with Gasteiger partial charge >= 0.3 is 0 Å². The number of hydrogen-bond donors (Lipinski definition) is 1. The summed E-state index contributed by atoms with van der Waals surface area (Å²) in [6, 6.07) is 18.9. The molecule has 0 saturated carbocycles. The number of nitrogens with one attached hydrogen (secondary N) is 1. The number of nitrogens with zero attached hydrogens (tertiary/aromatic N) is 2. The molecule has 0 bridgehead atoms. The first-order valence-electron chi connectivity index (χ1n) is 12.9. The minimum atomic E-state index is -4.14. The highest BCUT2D eigenvalue weighted by Crippen LogP contribution is 2.29. The van der Waals surface area contributed by atoms with E-state index in [9.17, 15) is 18.0 Å². The maximum absolute atomic E-state index is 14.1. The van der Waals surface area contributed by atoms with Gasteiger partial charge in [0.2, 0.25) is 11.8 Å². The number of carbonyl (C=O) groups is 2. The van der Waals surface area contributed by atoms with E-state index < -0.39 is 34.1 Å². The first-order chi connectivity index (χ1) is 18.7. The van der Waals surface area contributed by atoms with Crippen molar-refractivity contribution in [2.24, 2.45) is 0 Å². The van der Waals surface area contributed by atoms with Gasteiger partial charge in [0.1, 0.15) is 12.6 Å². The van der Waals surface area contributed by atoms with Gasteiger partial charge in [-0.1, -0.05) is 66.5 Å². The lowest BCUT2D eigenvalue weighted by molar-refractivity contribution is -0.141. The third-order valence-electron chi connectivity index (χ3n) is 6.17. The van der Waals surface area contributed by atoms with E-state index in [4.69, 9.17) is 23.2 Å². The van der Waals surface area contributed by atoms with Crippen molar-refractivity contribution in [3.05, 3.63) is 94.0 Å². The number of aryl methyl sites for hydroxylation is 1. The molecule has 0 aliphatic rings. The number of carbonyl (C=O) groups excluding carboxylic acids is 2. The molecule has 214 valence electrons. The molecule has 0 aromatic heterocycles. The summed E-state index contributed by atoms with van der Waals surface area (Å²) in [5.41, 5.74) is 1.08. The van der Waals surface area contributed by atoms with E-state index in [2.05, 4.69) is 5.32 Å². The van der Waals surface area contributed by atoms with E-state index >= 15 is 0 Å². The lowest BCUT2D eigenvalue weighted by Crippen LogP contribution is -2.55. The van der Waals surface area contributed by atoms with Crippen LogP contribution in [0.25, 0.3) is 0 Å². The number of amides is 2. The van der Waals surface area contributed by atoms with Crippen LogP contribution in [-0.2, 0) is 26.2 Å². The maximum atomic E-state index is 14.1. The van der Waals surface area contributed by atoms with Crippen LogP contribution in [0.1, 0.15) is 45.2 Å². The summed E-state index contributed by atoms with van der Waals surface area (Å²) in [4.78, 5) is 29.0. The normalized spacial score (nSPS) is 12.5. The Morgan fingerprint density at radius 3 is 2.08 bits per heavy atom. The number of anilines is 1. The van der Waals surface area contributed by atoms with E-state index in [1.54, 1.807) is 61.5 Å². The summed E-state index contributed by atoms with van der Waals surface area (Å²) in [7, 11) is -4.14. The van der Waals surface area contributed by atoms with Gasteiger partial charge in [-0.25, -0.2) is 8.42 Å². The van der Waals surface area contributed by atoms with Crippen molar-refractivity contribution < 1.29 is 18.0 Å². The number of rotatable bonds is 10. The van der Waals surface area contributed by atoms with E-state index in [0.717, 1.165) is 9.87 Å². The number of sulfonamides is 1. The van der Waals surface area contributed by atoms with Crippen LogP contribution in [0, 0.1) is 6.92 Å². The van der Waals surface area contributed by atoms with Crippen LogP contribution in [-0.4, -0.2) is 43.3 Å². The molecule has 3 aromatic carbocycles. The lowest BCUT2D eigenvalue weighted by Gasteiger charge is -2.35. The second-order valence-electron chi connectivity index (χ2n) is 10.5. The molecule has 0 aliphatic carbocycles. The standard InChI is InChI=1S/C30H35Cl2N3O4S/c1-6-27(29(37)33-30(3,4)5)34(19-24-25(31)16-11-17-26(24)32)28(36)20-35(22-13-10-12-21(2)18-22)40(38,39)23-14-8-7-9-15-23/h7-18,27H,6,19-20H2,1-5H3,(H,33,37)/t27-/m1/s1. The van der Waals surface area contributed by atoms with Gasteiger partial charge in [-0.3, -0.25) is 13.9 Å². The van der Waals surface area contributed by atoms with Crippen molar-refractivity contribution in [2.75, 3.05) is 10.8 Å². The number of benzene rings is 3. The molecule has 0 unspecified atom stereocenters. The Hall–Kier alpha value is -3.07. The third kappa shape index (κ3) is 7.77. The van der Waals surface area contributed by atoms with E-state index in [1.165, 1.54) is 17.0 Å². The summed E-state index contributed by atoms with van der Waals surface area (Å²) in [5, 5.41) is 3.61. The van der Waals surface area contributed by atoms with Gasteiger partial charge in [-0.05, 0) is 76.1 Å². The van der Waals surface area contributed by atoms with Crippen molar-refractivity contribution in [3.63, 3.8) is 0 Å². The van der Waals surface area contributed by atoms with Crippen molar-refractivity contribution in [1.82, 2.24) is 10.2 Å². The topological polar surface area (TPSA) is 86.8 Å². The smallest absolute Gasteiger partial charge is 0.264 e. The van der Waals surface area contributed by atoms with Crippen LogP contribution in [0.3, 0.4) is 0 Å². The first-order valence-corrected chi connectivity index (χ1v) is 15.1. The first kappa shape index (κ1) is 31.5. The minimum absolute atomic E-state index is 0.0440. The van der Waals surface area contributed by atoms with E-state index in [0.29, 0.717) is 21.3 Å². The van der Waals surface area contributed by atoms with Crippen molar-refractivity contribution in [1.29, 1.82) is 0 Å². The van der Waals surface area contributed by atoms with Gasteiger partial charge in [0.25, 0.3) is 10.0 Å². The van der Waals surface area contributed by atoms with Crippen molar-refractivity contribution in [3.8, 4) is 0 Å². The average Bonchev–Trinajstić information content (AvgIpc) is 2.88. The Morgan fingerprint density at radius 1 is 0.925 bits per heavy atom. The molecule has 0 radical (unpaired) electrons. The molecule has 0 aliphatic heterocycles. The highest BCUT2D eigenvalue weighted by Gasteiger charge is 2.35. The van der Waals surface area contributed by atoms with Crippen molar-refractivity contribution in [2.45, 2.75) is 64.1 Å². The molecule has 1 atom stereocenters. The molecule has 0 heterocycles. The molecular weight excluding hydrogens is 569 g/mol. The van der Waals surface area contributed by atoms with Gasteiger partial charge in [0.15, 0.2) is 0 Å². The molecule has 40 heavy (non-hydrogen) atoms. The Balaban J connectivity index is 2.11. The molecule has 2 amide bonds. The lowest BCUT2D eigenvalue weighted by atomic mass is 10.1. The Kier molecular flexibility index (Phi) is 10.3. The Morgan fingerprint density at radius 2 is 1.52 bits per heavy atom. The molecule has 7 nitrogen and oxygen atoms in total. The van der Waals surface area contributed by atoms with Gasteiger partial charge in [0, 0.05) is 27.7 Å². The van der Waals surface area contributed by atoms with Crippen LogP contribution in [0.2, 0.25) is 10.0 Å². The highest BCUT2D eigenvalue weighted by atomic mass is 35.5. The zero-order valence-corrected chi connectivity index (χ0v) is 25.6. The maximum Gasteiger partial charge on any atom is 0.264 e. The van der Waals surface area contributed by atoms with Crippen molar-refractivity contribution >= 4 is 50.7 Å². The zero-order valence-electron chi connectivity index (χ0n) is 23.3. The molecule has 0 saturated heterocycles. The monoisotopic (exact) mass is 603 g/mol. The predicted molar refractivity (Wildman–Crippen MR) is 161 cm³/mol. The van der Waals surface area contributed by atoms with Crippen LogP contribution in [0.4, 0.5) is 5.69 Å². The summed E-state index contributed by atoms with van der Waals surface area (Å²) < 4.78 is 28.8. The van der Waals surface area contributed by atoms with Crippen LogP contribution >= 0.6 is 23.2 Å². The summed E-state index contributed by atoms with van der Waals surface area (Å²) >= 11 is 12.9. The Labute approximate surface area is 247 Å². The molecular formula is C30H35Cl2N3O4S. The summed E-state index contributed by atoms with van der Waals surface area (Å²) in [6.07, 6.45) is 0.283. The molecule has 3 rings (SSSR count). The molecule has 0 fully saturated rings. The fraction of sp³-hybridized carbons (Fsp3) is 0.333. The fourth-order valence-electron chi connectivity index (χ4n) is 4.26. The van der Waals surface area contributed by atoms with E-state index in [1.807, 2.05) is 33.8 Å². The van der Waals surface area contributed by atoms with Gasteiger partial charge in [-0.15, -0.1) is 0 Å². The largest absolute Gasteiger partial charge is 0.350 e. The summed E-state index contributed by atoms with van der Waals surface area (Å²) in [6.45, 7) is 8.55. The quantitative estimate of drug-likeness (QED) is 0.298. The zero-order chi connectivity index (χ0) is 29.7. The second kappa shape index (κ2) is 13.1. The summed E-state index contributed by atoms with van der Waals surface area (Å²) in [5.74, 6) is -0.938. The predicted octanol–water partition coefficient (Wildman–Crippen LogP) is 6.22. The van der Waals surface area contributed by atoms with Crippen LogP contribution < -0.4 is 9.62 Å². The SMILES string of the molecule is CC[C@H](C(=O)NC(C)(C)C)N(Cc1c(Cl)cccc1Cl)C(=O)CN(c1cccc(C)c1)S(=O)(=O)c1ccccc1. The molecule has 0 spiro atoms. The van der Waals surface area contributed by atoms with E-state index in [-0.39, 0.29) is 23.8 Å². The molecule has 10 heteroatoms. The fourth-order valence-corrected chi connectivity index (χ4v) is 6.20.